The fourth-order valence-corrected chi connectivity index (χ4v) is 2.62. The van der Waals surface area contributed by atoms with Crippen molar-refractivity contribution in [3.63, 3.8) is 0 Å². The Morgan fingerprint density at radius 2 is 1.85 bits per heavy atom. The highest BCUT2D eigenvalue weighted by molar-refractivity contribution is 5.33. The van der Waals surface area contributed by atoms with Gasteiger partial charge in [-0.05, 0) is 11.6 Å². The van der Waals surface area contributed by atoms with E-state index in [9.17, 15) is 13.2 Å². The van der Waals surface area contributed by atoms with Crippen LogP contribution in [0.5, 0.6) is 0 Å². The third-order valence-electron chi connectivity index (χ3n) is 3.68. The molecule has 112 valence electrons. The van der Waals surface area contributed by atoms with E-state index in [0.717, 1.165) is 32.2 Å². The molecule has 0 amide bonds. The van der Waals surface area contributed by atoms with E-state index in [1.54, 1.807) is 12.1 Å². The first-order valence-corrected chi connectivity index (χ1v) is 6.81. The number of nitrogens with two attached hydrogens (primary N) is 1. The molecule has 0 aliphatic carbocycles. The van der Waals surface area contributed by atoms with Gasteiger partial charge in [0, 0.05) is 45.2 Å². The zero-order chi connectivity index (χ0) is 14.6. The van der Waals surface area contributed by atoms with Gasteiger partial charge in [0.25, 0.3) is 0 Å². The molecule has 1 aliphatic rings. The van der Waals surface area contributed by atoms with Gasteiger partial charge in [0.05, 0.1) is 5.56 Å². The summed E-state index contributed by atoms with van der Waals surface area (Å²) in [6, 6.07) is 5.74. The lowest BCUT2D eigenvalue weighted by Gasteiger charge is -2.31. The van der Waals surface area contributed by atoms with Gasteiger partial charge in [0.2, 0.25) is 0 Å². The Bertz CT molecular complexity index is 428. The van der Waals surface area contributed by atoms with Gasteiger partial charge in [-0.15, -0.1) is 0 Å². The van der Waals surface area contributed by atoms with Gasteiger partial charge in [-0.25, -0.2) is 0 Å². The monoisotopic (exact) mass is 287 g/mol. The number of nitrogens with one attached hydrogen (secondary N) is 1. The van der Waals surface area contributed by atoms with Crippen molar-refractivity contribution in [2.75, 3.05) is 39.3 Å². The lowest BCUT2D eigenvalue weighted by atomic mass is 9.93. The highest BCUT2D eigenvalue weighted by Gasteiger charge is 2.35. The number of nitrogens with zero attached hydrogens (tertiary/aromatic N) is 1. The second-order valence-corrected chi connectivity index (χ2v) is 5.07. The second-order valence-electron chi connectivity index (χ2n) is 5.07. The van der Waals surface area contributed by atoms with Crippen LogP contribution in [0.1, 0.15) is 17.0 Å². The van der Waals surface area contributed by atoms with Gasteiger partial charge in [0.15, 0.2) is 0 Å². The highest BCUT2D eigenvalue weighted by Crippen LogP contribution is 2.35. The van der Waals surface area contributed by atoms with Crippen LogP contribution >= 0.6 is 0 Å². The molecule has 20 heavy (non-hydrogen) atoms. The van der Waals surface area contributed by atoms with Crippen LogP contribution in [0.4, 0.5) is 13.2 Å². The topological polar surface area (TPSA) is 41.3 Å². The molecule has 0 radical (unpaired) electrons. The van der Waals surface area contributed by atoms with Crippen molar-refractivity contribution in [3.05, 3.63) is 35.4 Å². The summed E-state index contributed by atoms with van der Waals surface area (Å²) in [5.74, 6) is -0.286. The molecule has 3 nitrogen and oxygen atoms in total. The molecule has 0 aromatic heterocycles. The SMILES string of the molecule is NCC(CN1CCNCC1)c1ccccc1C(F)(F)F. The van der Waals surface area contributed by atoms with Crippen molar-refractivity contribution in [1.29, 1.82) is 0 Å². The minimum absolute atomic E-state index is 0.219. The van der Waals surface area contributed by atoms with Crippen LogP contribution in [-0.2, 0) is 6.18 Å². The van der Waals surface area contributed by atoms with Crippen molar-refractivity contribution >= 4 is 0 Å². The fourth-order valence-electron chi connectivity index (χ4n) is 2.62. The summed E-state index contributed by atoms with van der Waals surface area (Å²) < 4.78 is 39.2. The van der Waals surface area contributed by atoms with Gasteiger partial charge in [-0.2, -0.15) is 13.2 Å². The number of piperazine rings is 1. The van der Waals surface area contributed by atoms with Gasteiger partial charge in [0.1, 0.15) is 0 Å². The molecule has 0 bridgehead atoms. The van der Waals surface area contributed by atoms with E-state index in [2.05, 4.69) is 10.2 Å². The summed E-state index contributed by atoms with van der Waals surface area (Å²) in [5, 5.41) is 3.23. The van der Waals surface area contributed by atoms with E-state index in [4.69, 9.17) is 5.73 Å². The van der Waals surface area contributed by atoms with Gasteiger partial charge >= 0.3 is 6.18 Å². The number of alkyl halides is 3. The van der Waals surface area contributed by atoms with Crippen molar-refractivity contribution in [2.45, 2.75) is 12.1 Å². The minimum Gasteiger partial charge on any atom is -0.330 e. The van der Waals surface area contributed by atoms with Crippen LogP contribution in [0.15, 0.2) is 24.3 Å². The van der Waals surface area contributed by atoms with Gasteiger partial charge < -0.3 is 16.0 Å². The first-order valence-electron chi connectivity index (χ1n) is 6.81. The smallest absolute Gasteiger partial charge is 0.330 e. The summed E-state index contributed by atoms with van der Waals surface area (Å²) in [6.45, 7) is 4.24. The summed E-state index contributed by atoms with van der Waals surface area (Å²) >= 11 is 0. The van der Waals surface area contributed by atoms with E-state index >= 15 is 0 Å². The molecule has 1 aliphatic heterocycles. The largest absolute Gasteiger partial charge is 0.416 e. The van der Waals surface area contributed by atoms with Gasteiger partial charge in [-0.3, -0.25) is 0 Å². The second kappa shape index (κ2) is 6.56. The third-order valence-corrected chi connectivity index (χ3v) is 3.68. The normalized spacial score (nSPS) is 19.0. The van der Waals surface area contributed by atoms with Crippen LogP contribution < -0.4 is 11.1 Å². The highest BCUT2D eigenvalue weighted by atomic mass is 19.4. The maximum atomic E-state index is 13.1. The third kappa shape index (κ3) is 3.71. The van der Waals surface area contributed by atoms with E-state index < -0.39 is 11.7 Å². The van der Waals surface area contributed by atoms with Crippen molar-refractivity contribution < 1.29 is 13.2 Å². The van der Waals surface area contributed by atoms with Crippen molar-refractivity contribution in [1.82, 2.24) is 10.2 Å². The quantitative estimate of drug-likeness (QED) is 0.885. The molecule has 6 heteroatoms. The average Bonchev–Trinajstić information content (AvgIpc) is 2.45. The Labute approximate surface area is 116 Å². The molecule has 1 fully saturated rings. The Balaban J connectivity index is 2.18. The molecule has 1 atom stereocenters. The Kier molecular flexibility index (Phi) is 5.01. The molecule has 1 aromatic rings. The summed E-state index contributed by atoms with van der Waals surface area (Å²) in [6.07, 6.45) is -4.33. The predicted octanol–water partition coefficient (Wildman–Crippen LogP) is 1.65. The van der Waals surface area contributed by atoms with Crippen LogP contribution in [0.3, 0.4) is 0 Å². The molecule has 0 saturated carbocycles. The first-order chi connectivity index (χ1) is 9.52. The van der Waals surface area contributed by atoms with Crippen LogP contribution in [-0.4, -0.2) is 44.2 Å². The molecule has 1 heterocycles. The summed E-state index contributed by atoms with van der Waals surface area (Å²) in [7, 11) is 0. The van der Waals surface area contributed by atoms with E-state index in [1.807, 2.05) is 0 Å². The van der Waals surface area contributed by atoms with Crippen LogP contribution in [0, 0.1) is 0 Å². The number of hydrogen-bond acceptors (Lipinski definition) is 3. The molecular formula is C14H20F3N3. The van der Waals surface area contributed by atoms with Gasteiger partial charge in [-0.1, -0.05) is 18.2 Å². The first kappa shape index (κ1) is 15.3. The lowest BCUT2D eigenvalue weighted by molar-refractivity contribution is -0.138. The van der Waals surface area contributed by atoms with E-state index in [1.165, 1.54) is 6.07 Å². The minimum atomic E-state index is -4.33. The maximum Gasteiger partial charge on any atom is 0.416 e. The fraction of sp³-hybridized carbons (Fsp3) is 0.571. The molecule has 3 N–H and O–H groups in total. The Morgan fingerprint density at radius 3 is 2.45 bits per heavy atom. The van der Waals surface area contributed by atoms with Crippen LogP contribution in [0.25, 0.3) is 0 Å². The summed E-state index contributed by atoms with van der Waals surface area (Å²) in [5.41, 5.74) is 5.47. The Morgan fingerprint density at radius 1 is 1.20 bits per heavy atom. The van der Waals surface area contributed by atoms with E-state index in [0.29, 0.717) is 12.1 Å². The van der Waals surface area contributed by atoms with Crippen molar-refractivity contribution in [2.24, 2.45) is 5.73 Å². The standard InChI is InChI=1S/C14H20F3N3/c15-14(16,17)13-4-2-1-3-12(13)11(9-18)10-20-7-5-19-6-8-20/h1-4,11,19H,5-10,18H2. The molecular weight excluding hydrogens is 267 g/mol. The number of halogens is 3. The summed E-state index contributed by atoms with van der Waals surface area (Å²) in [4.78, 5) is 2.17. The number of benzene rings is 1. The zero-order valence-corrected chi connectivity index (χ0v) is 11.3. The zero-order valence-electron chi connectivity index (χ0n) is 11.3. The number of hydrogen-bond donors (Lipinski definition) is 2. The average molecular weight is 287 g/mol. The molecule has 1 saturated heterocycles. The molecule has 1 aromatic carbocycles. The number of rotatable bonds is 4. The maximum absolute atomic E-state index is 13.1. The molecule has 1 unspecified atom stereocenters. The predicted molar refractivity (Wildman–Crippen MR) is 72.5 cm³/mol. The van der Waals surface area contributed by atoms with E-state index in [-0.39, 0.29) is 12.5 Å². The lowest BCUT2D eigenvalue weighted by Crippen LogP contribution is -2.45. The van der Waals surface area contributed by atoms with Crippen molar-refractivity contribution in [3.8, 4) is 0 Å². The van der Waals surface area contributed by atoms with Crippen LogP contribution in [0.2, 0.25) is 0 Å². The Hall–Kier alpha value is -1.11. The molecule has 0 spiro atoms. The molecule has 2 rings (SSSR count).